The Morgan fingerprint density at radius 3 is 2.28 bits per heavy atom. The van der Waals surface area contributed by atoms with Gasteiger partial charge in [0.05, 0.1) is 22.6 Å². The molecule has 0 saturated heterocycles. The van der Waals surface area contributed by atoms with Gasteiger partial charge in [-0.3, -0.25) is 9.59 Å². The zero-order valence-electron chi connectivity index (χ0n) is 18.8. The molecule has 2 N–H and O–H groups in total. The molecule has 198 valence electrons. The Morgan fingerprint density at radius 1 is 1.11 bits per heavy atom. The summed E-state index contributed by atoms with van der Waals surface area (Å²) in [4.78, 5) is 25.9. The molecule has 0 aliphatic rings. The first-order valence-corrected chi connectivity index (χ1v) is 14.0. The summed E-state index contributed by atoms with van der Waals surface area (Å²) in [6.07, 6.45) is -8.85. The first-order valence-electron chi connectivity index (χ1n) is 10.3. The van der Waals surface area contributed by atoms with Crippen molar-refractivity contribution in [3.8, 4) is 0 Å². The van der Waals surface area contributed by atoms with Crippen LogP contribution in [0.25, 0.3) is 0 Å². The number of carbonyl (C=O) groups excluding carboxylic acids is 2. The molecule has 0 fully saturated rings. The molecule has 0 radical (unpaired) electrons. The summed E-state index contributed by atoms with van der Waals surface area (Å²) < 4.78 is 89.2. The average molecular weight is 711 g/mol. The van der Waals surface area contributed by atoms with Crippen LogP contribution in [0.3, 0.4) is 0 Å². The Balaban J connectivity index is 2.31. The van der Waals surface area contributed by atoms with Crippen molar-refractivity contribution in [3.05, 3.63) is 61.1 Å². The van der Waals surface area contributed by atoms with E-state index in [1.807, 2.05) is 22.6 Å². The lowest BCUT2D eigenvalue weighted by Crippen LogP contribution is -2.39. The van der Waals surface area contributed by atoms with Gasteiger partial charge in [0.1, 0.15) is 5.92 Å². The minimum atomic E-state index is -5.17. The Kier molecular flexibility index (Phi) is 10.3. The maximum absolute atomic E-state index is 13.0. The Bertz CT molecular complexity index is 1240. The van der Waals surface area contributed by atoms with E-state index in [0.29, 0.717) is 3.57 Å². The fourth-order valence-electron chi connectivity index (χ4n) is 3.27. The van der Waals surface area contributed by atoms with Crippen molar-refractivity contribution in [2.75, 3.05) is 16.8 Å². The molecule has 2 atom stereocenters. The SMILES string of the molecule is CCS(=O)(=O)C[C@H](C)NC(=O)c1c(I)cccc1C(=O)Nc1ccc(C(C(F)F)C(F)(F)F)cc1Br. The van der Waals surface area contributed by atoms with E-state index in [9.17, 15) is 40.0 Å². The van der Waals surface area contributed by atoms with E-state index in [4.69, 9.17) is 0 Å². The van der Waals surface area contributed by atoms with Gasteiger partial charge in [0.2, 0.25) is 0 Å². The topological polar surface area (TPSA) is 92.3 Å². The molecular formula is C22H21BrF5IN2O4S. The van der Waals surface area contributed by atoms with Crippen LogP contribution in [-0.2, 0) is 9.84 Å². The maximum Gasteiger partial charge on any atom is 0.401 e. The number of nitrogens with one attached hydrogen (secondary N) is 2. The molecule has 2 aromatic carbocycles. The summed E-state index contributed by atoms with van der Waals surface area (Å²) in [5, 5.41) is 5.00. The third kappa shape index (κ3) is 7.84. The van der Waals surface area contributed by atoms with Crippen molar-refractivity contribution in [1.29, 1.82) is 0 Å². The Hall–Kier alpha value is -1.81. The molecule has 0 aliphatic carbocycles. The predicted molar refractivity (Wildman–Crippen MR) is 137 cm³/mol. The number of sulfone groups is 1. The number of benzene rings is 2. The summed E-state index contributed by atoms with van der Waals surface area (Å²) in [5.74, 6) is -4.87. The normalized spacial score (nSPS) is 13.8. The quantitative estimate of drug-likeness (QED) is 0.256. The second-order valence-corrected chi connectivity index (χ2v) is 12.2. The van der Waals surface area contributed by atoms with Crippen molar-refractivity contribution in [1.82, 2.24) is 5.32 Å². The fraction of sp³-hybridized carbons (Fsp3) is 0.364. The molecule has 0 spiro atoms. The number of alkyl halides is 5. The lowest BCUT2D eigenvalue weighted by Gasteiger charge is -2.21. The van der Waals surface area contributed by atoms with Gasteiger partial charge >= 0.3 is 6.18 Å². The molecule has 14 heteroatoms. The van der Waals surface area contributed by atoms with E-state index >= 15 is 0 Å². The summed E-state index contributed by atoms with van der Waals surface area (Å²) in [7, 11) is -3.37. The molecule has 0 saturated carbocycles. The molecule has 2 aromatic rings. The molecule has 0 bridgehead atoms. The summed E-state index contributed by atoms with van der Waals surface area (Å²) in [6.45, 7) is 2.99. The third-order valence-corrected chi connectivity index (χ3v) is 8.45. The molecule has 6 nitrogen and oxygen atoms in total. The molecule has 2 amide bonds. The summed E-state index contributed by atoms with van der Waals surface area (Å²) in [6, 6.07) is 6.40. The van der Waals surface area contributed by atoms with Crippen LogP contribution in [0.2, 0.25) is 0 Å². The third-order valence-electron chi connectivity index (χ3n) is 5.01. The molecule has 1 unspecified atom stereocenters. The molecule has 36 heavy (non-hydrogen) atoms. The van der Waals surface area contributed by atoms with Crippen LogP contribution in [0, 0.1) is 3.57 Å². The number of halogens is 7. The van der Waals surface area contributed by atoms with Crippen LogP contribution < -0.4 is 10.6 Å². The summed E-state index contributed by atoms with van der Waals surface area (Å²) >= 11 is 4.83. The van der Waals surface area contributed by atoms with Crippen LogP contribution >= 0.6 is 38.5 Å². The number of anilines is 1. The zero-order valence-corrected chi connectivity index (χ0v) is 23.4. The lowest BCUT2D eigenvalue weighted by molar-refractivity contribution is -0.178. The highest BCUT2D eigenvalue weighted by Crippen LogP contribution is 2.41. The van der Waals surface area contributed by atoms with Crippen molar-refractivity contribution in [3.63, 3.8) is 0 Å². The van der Waals surface area contributed by atoms with Crippen molar-refractivity contribution in [2.45, 2.75) is 38.4 Å². The first-order chi connectivity index (χ1) is 16.6. The van der Waals surface area contributed by atoms with E-state index in [1.54, 1.807) is 6.07 Å². The molecule has 2 rings (SSSR count). The highest BCUT2D eigenvalue weighted by molar-refractivity contribution is 14.1. The highest BCUT2D eigenvalue weighted by atomic mass is 127. The van der Waals surface area contributed by atoms with Crippen molar-refractivity contribution >= 4 is 65.9 Å². The Morgan fingerprint density at radius 2 is 1.75 bits per heavy atom. The number of hydrogen-bond acceptors (Lipinski definition) is 4. The second kappa shape index (κ2) is 12.2. The van der Waals surface area contributed by atoms with E-state index in [1.165, 1.54) is 26.0 Å². The molecule has 0 heterocycles. The molecular weight excluding hydrogens is 690 g/mol. The Labute approximate surface area is 226 Å². The van der Waals surface area contributed by atoms with Gasteiger partial charge < -0.3 is 10.6 Å². The number of hydrogen-bond donors (Lipinski definition) is 2. The van der Waals surface area contributed by atoms with Crippen molar-refractivity contribution < 1.29 is 40.0 Å². The number of carbonyl (C=O) groups is 2. The number of rotatable bonds is 9. The van der Waals surface area contributed by atoms with Gasteiger partial charge in [-0.25, -0.2) is 17.2 Å². The molecule has 0 aromatic heterocycles. The molecule has 0 aliphatic heterocycles. The lowest BCUT2D eigenvalue weighted by atomic mass is 9.98. The van der Waals surface area contributed by atoms with Crippen LogP contribution in [0.15, 0.2) is 40.9 Å². The minimum absolute atomic E-state index is 0.00781. The van der Waals surface area contributed by atoms with Gasteiger partial charge in [-0.2, -0.15) is 13.2 Å². The average Bonchev–Trinajstić information content (AvgIpc) is 2.73. The maximum atomic E-state index is 13.0. The van der Waals surface area contributed by atoms with Crippen molar-refractivity contribution in [2.24, 2.45) is 0 Å². The van der Waals surface area contributed by atoms with Gasteiger partial charge in [-0.05, 0) is 75.3 Å². The van der Waals surface area contributed by atoms with Gasteiger partial charge in [-0.15, -0.1) is 0 Å². The van der Waals surface area contributed by atoms with Gasteiger partial charge in [0, 0.05) is 19.8 Å². The fourth-order valence-corrected chi connectivity index (χ4v) is 5.59. The van der Waals surface area contributed by atoms with E-state index in [0.717, 1.165) is 18.2 Å². The van der Waals surface area contributed by atoms with Crippen LogP contribution in [0.5, 0.6) is 0 Å². The first kappa shape index (κ1) is 30.4. The largest absolute Gasteiger partial charge is 0.401 e. The van der Waals surface area contributed by atoms with Crippen LogP contribution in [0.1, 0.15) is 46.0 Å². The number of amides is 2. The summed E-state index contributed by atoms with van der Waals surface area (Å²) in [5.41, 5.74) is -0.806. The minimum Gasteiger partial charge on any atom is -0.349 e. The highest BCUT2D eigenvalue weighted by Gasteiger charge is 2.47. The van der Waals surface area contributed by atoms with E-state index < -0.39 is 51.8 Å². The van der Waals surface area contributed by atoms with Gasteiger partial charge in [-0.1, -0.05) is 19.1 Å². The second-order valence-electron chi connectivity index (χ2n) is 7.78. The van der Waals surface area contributed by atoms with Gasteiger partial charge in [0.25, 0.3) is 18.2 Å². The smallest absolute Gasteiger partial charge is 0.349 e. The standard InChI is InChI=1S/C22H21BrF5IN2O4S/c1-3-36(34,35)10-11(2)30-21(33)17-13(5-4-6-15(17)29)20(32)31-16-8-7-12(9-14(16)23)18(19(24)25)22(26,27)28/h4-9,11,18-19H,3,10H2,1-2H3,(H,30,33)(H,31,32)/t11-,18?/m0/s1. The predicted octanol–water partition coefficient (Wildman–Crippen LogP) is 5.77. The van der Waals surface area contributed by atoms with E-state index in [2.05, 4.69) is 26.6 Å². The van der Waals surface area contributed by atoms with Crippen LogP contribution in [0.4, 0.5) is 27.6 Å². The van der Waals surface area contributed by atoms with Crippen LogP contribution in [-0.4, -0.2) is 50.4 Å². The zero-order chi connectivity index (χ0) is 27.4. The van der Waals surface area contributed by atoms with E-state index in [-0.39, 0.29) is 32.8 Å². The van der Waals surface area contributed by atoms with Gasteiger partial charge in [0.15, 0.2) is 9.84 Å². The monoisotopic (exact) mass is 710 g/mol.